The molecule has 152 valence electrons. The quantitative estimate of drug-likeness (QED) is 0.643. The molecular formula is C23H29N5O. The van der Waals surface area contributed by atoms with E-state index in [1.54, 1.807) is 4.68 Å². The van der Waals surface area contributed by atoms with Crippen molar-refractivity contribution in [3.05, 3.63) is 42.4 Å². The van der Waals surface area contributed by atoms with Gasteiger partial charge in [-0.25, -0.2) is 0 Å². The first-order valence-electron chi connectivity index (χ1n) is 10.5. The normalized spacial score (nSPS) is 17.9. The van der Waals surface area contributed by atoms with Crippen LogP contribution < -0.4 is 0 Å². The smallest absolute Gasteiger partial charge is 0.143 e. The van der Waals surface area contributed by atoms with E-state index in [9.17, 15) is 4.79 Å². The van der Waals surface area contributed by atoms with E-state index < -0.39 is 0 Å². The van der Waals surface area contributed by atoms with Gasteiger partial charge < -0.3 is 4.90 Å². The van der Waals surface area contributed by atoms with E-state index in [1.165, 1.54) is 0 Å². The van der Waals surface area contributed by atoms with Crippen LogP contribution in [0.2, 0.25) is 0 Å². The third-order valence-electron chi connectivity index (χ3n) is 5.61. The average Bonchev–Trinajstić information content (AvgIpc) is 3.13. The number of likely N-dealkylation sites (tertiary alicyclic amines) is 1. The topological polar surface area (TPSA) is 63.9 Å². The third kappa shape index (κ3) is 4.70. The summed E-state index contributed by atoms with van der Waals surface area (Å²) in [6.07, 6.45) is 6.29. The van der Waals surface area contributed by atoms with Gasteiger partial charge in [0.25, 0.3) is 0 Å². The Hall–Kier alpha value is -2.60. The molecule has 1 fully saturated rings. The molecule has 0 aliphatic carbocycles. The minimum absolute atomic E-state index is 0.113. The van der Waals surface area contributed by atoms with Crippen molar-refractivity contribution in [1.82, 2.24) is 24.9 Å². The first-order chi connectivity index (χ1) is 14.0. The van der Waals surface area contributed by atoms with Gasteiger partial charge in [0.2, 0.25) is 0 Å². The predicted molar refractivity (Wildman–Crippen MR) is 114 cm³/mol. The number of aromatic nitrogens is 4. The van der Waals surface area contributed by atoms with Crippen LogP contribution in [0, 0.1) is 11.8 Å². The summed E-state index contributed by atoms with van der Waals surface area (Å²) in [5.41, 5.74) is 3.75. The van der Waals surface area contributed by atoms with Crippen LogP contribution >= 0.6 is 0 Å². The van der Waals surface area contributed by atoms with Crippen molar-refractivity contribution >= 4 is 16.7 Å². The number of aryl methyl sites for hydroxylation is 1. The molecule has 1 saturated heterocycles. The summed E-state index contributed by atoms with van der Waals surface area (Å²) < 4.78 is 1.79. The lowest BCUT2D eigenvalue weighted by molar-refractivity contribution is -0.124. The maximum Gasteiger partial charge on any atom is 0.143 e. The van der Waals surface area contributed by atoms with E-state index in [4.69, 9.17) is 0 Å². The van der Waals surface area contributed by atoms with Crippen LogP contribution in [0.25, 0.3) is 22.0 Å². The Morgan fingerprint density at radius 3 is 2.83 bits per heavy atom. The van der Waals surface area contributed by atoms with Gasteiger partial charge in [0.15, 0.2) is 0 Å². The first-order valence-corrected chi connectivity index (χ1v) is 10.5. The van der Waals surface area contributed by atoms with Gasteiger partial charge in [0.05, 0.1) is 23.8 Å². The zero-order chi connectivity index (χ0) is 20.4. The number of fused-ring (bicyclic) bond motifs is 1. The van der Waals surface area contributed by atoms with Crippen molar-refractivity contribution in [3.8, 4) is 11.1 Å². The van der Waals surface area contributed by atoms with Crippen molar-refractivity contribution in [2.45, 2.75) is 33.1 Å². The van der Waals surface area contributed by atoms with E-state index in [2.05, 4.69) is 40.1 Å². The van der Waals surface area contributed by atoms with Gasteiger partial charge in [-0.2, -0.15) is 15.3 Å². The molecule has 4 rings (SSSR count). The number of Topliss-reactive ketones (excluding diaryl/α,β-unsaturated/α-hetero) is 1. The number of piperidine rings is 1. The van der Waals surface area contributed by atoms with Crippen molar-refractivity contribution in [1.29, 1.82) is 0 Å². The highest BCUT2D eigenvalue weighted by molar-refractivity contribution is 5.86. The zero-order valence-electron chi connectivity index (χ0n) is 17.5. The van der Waals surface area contributed by atoms with Crippen molar-refractivity contribution in [2.24, 2.45) is 18.9 Å². The zero-order valence-corrected chi connectivity index (χ0v) is 17.5. The van der Waals surface area contributed by atoms with Crippen molar-refractivity contribution < 1.29 is 4.79 Å². The fourth-order valence-corrected chi connectivity index (χ4v) is 4.25. The number of carbonyl (C=O) groups is 1. The molecule has 0 spiro atoms. The largest absolute Gasteiger partial charge is 0.302 e. The Balaban J connectivity index is 1.49. The van der Waals surface area contributed by atoms with Crippen LogP contribution in [0.5, 0.6) is 0 Å². The first kappa shape index (κ1) is 19.7. The van der Waals surface area contributed by atoms with Crippen LogP contribution in [-0.2, 0) is 18.3 Å². The SMILES string of the molecule is CC(C)CN1CCC[C@@H](C(=O)Cc2cc3cc(-c4cnn(C)c4)ccc3nn2)C1. The van der Waals surface area contributed by atoms with Gasteiger partial charge in [-0.1, -0.05) is 19.9 Å². The van der Waals surface area contributed by atoms with Gasteiger partial charge in [-0.15, -0.1) is 0 Å². The molecule has 6 heteroatoms. The Labute approximate surface area is 171 Å². The molecule has 29 heavy (non-hydrogen) atoms. The van der Waals surface area contributed by atoms with Crippen LogP contribution in [0.15, 0.2) is 36.7 Å². The van der Waals surface area contributed by atoms with E-state index in [-0.39, 0.29) is 11.7 Å². The Bertz CT molecular complexity index is 1010. The maximum atomic E-state index is 12.9. The van der Waals surface area contributed by atoms with E-state index in [0.29, 0.717) is 12.3 Å². The van der Waals surface area contributed by atoms with E-state index >= 15 is 0 Å². The molecule has 6 nitrogen and oxygen atoms in total. The highest BCUT2D eigenvalue weighted by atomic mass is 16.1. The third-order valence-corrected chi connectivity index (χ3v) is 5.61. The number of hydrogen-bond acceptors (Lipinski definition) is 5. The number of benzene rings is 1. The second-order valence-electron chi connectivity index (χ2n) is 8.65. The molecule has 1 aromatic carbocycles. The molecule has 3 aromatic rings. The van der Waals surface area contributed by atoms with Gasteiger partial charge >= 0.3 is 0 Å². The summed E-state index contributed by atoms with van der Waals surface area (Å²) in [6.45, 7) is 7.51. The monoisotopic (exact) mass is 391 g/mol. The lowest BCUT2D eigenvalue weighted by Crippen LogP contribution is -2.40. The standard InChI is InChI=1S/C23H29N5O/c1-16(2)13-28-8-4-5-18(15-28)23(29)11-21-10-19-9-17(6-7-22(19)26-25-21)20-12-24-27(3)14-20/h6-7,9-10,12,14,16,18H,4-5,8,11,13,15H2,1-3H3/t18-/m1/s1. The fraction of sp³-hybridized carbons (Fsp3) is 0.478. The second-order valence-corrected chi connectivity index (χ2v) is 8.65. The molecule has 2 aromatic heterocycles. The highest BCUT2D eigenvalue weighted by Crippen LogP contribution is 2.24. The molecule has 3 heterocycles. The fourth-order valence-electron chi connectivity index (χ4n) is 4.25. The molecule has 0 unspecified atom stereocenters. The average molecular weight is 392 g/mol. The molecule has 0 N–H and O–H groups in total. The Kier molecular flexibility index (Phi) is 5.72. The van der Waals surface area contributed by atoms with Gasteiger partial charge in [-0.3, -0.25) is 9.48 Å². The molecule has 0 amide bonds. The summed E-state index contributed by atoms with van der Waals surface area (Å²) >= 11 is 0. The van der Waals surface area contributed by atoms with Crippen LogP contribution in [0.4, 0.5) is 0 Å². The minimum atomic E-state index is 0.113. The molecule has 1 atom stereocenters. The van der Waals surface area contributed by atoms with Gasteiger partial charge in [0, 0.05) is 43.2 Å². The molecule has 1 aliphatic heterocycles. The van der Waals surface area contributed by atoms with Gasteiger partial charge in [-0.05, 0) is 49.1 Å². The number of nitrogens with zero attached hydrogens (tertiary/aromatic N) is 5. The molecule has 0 bridgehead atoms. The van der Waals surface area contributed by atoms with Gasteiger partial charge in [0.1, 0.15) is 5.78 Å². The predicted octanol–water partition coefficient (Wildman–Crippen LogP) is 3.51. The molecule has 1 aliphatic rings. The minimum Gasteiger partial charge on any atom is -0.302 e. The lowest BCUT2D eigenvalue weighted by atomic mass is 9.91. The Morgan fingerprint density at radius 1 is 1.21 bits per heavy atom. The van der Waals surface area contributed by atoms with Crippen molar-refractivity contribution in [2.75, 3.05) is 19.6 Å². The second kappa shape index (κ2) is 8.41. The summed E-state index contributed by atoms with van der Waals surface area (Å²) in [6, 6.07) is 8.11. The summed E-state index contributed by atoms with van der Waals surface area (Å²) in [5.74, 6) is 1.03. The highest BCUT2D eigenvalue weighted by Gasteiger charge is 2.26. The lowest BCUT2D eigenvalue weighted by Gasteiger charge is -2.33. The molecule has 0 radical (unpaired) electrons. The van der Waals surface area contributed by atoms with E-state index in [1.807, 2.05) is 37.6 Å². The Morgan fingerprint density at radius 2 is 2.07 bits per heavy atom. The number of rotatable bonds is 6. The molecular weight excluding hydrogens is 362 g/mol. The summed E-state index contributed by atoms with van der Waals surface area (Å²) in [4.78, 5) is 15.4. The number of carbonyl (C=O) groups excluding carboxylic acids is 1. The van der Waals surface area contributed by atoms with E-state index in [0.717, 1.165) is 60.2 Å². The van der Waals surface area contributed by atoms with Crippen LogP contribution in [-0.4, -0.2) is 50.3 Å². The summed E-state index contributed by atoms with van der Waals surface area (Å²) in [5, 5.41) is 13.9. The summed E-state index contributed by atoms with van der Waals surface area (Å²) in [7, 11) is 1.91. The van der Waals surface area contributed by atoms with Crippen LogP contribution in [0.1, 0.15) is 32.4 Å². The van der Waals surface area contributed by atoms with Crippen LogP contribution in [0.3, 0.4) is 0 Å². The number of hydrogen-bond donors (Lipinski definition) is 0. The maximum absolute atomic E-state index is 12.9. The van der Waals surface area contributed by atoms with Crippen molar-refractivity contribution in [3.63, 3.8) is 0 Å². The number of ketones is 1. The molecule has 0 saturated carbocycles.